The highest BCUT2D eigenvalue weighted by Gasteiger charge is 2.28. The van der Waals surface area contributed by atoms with E-state index in [-0.39, 0.29) is 11.8 Å². The van der Waals surface area contributed by atoms with Crippen LogP contribution in [0.2, 0.25) is 0 Å². The number of thiazole rings is 1. The number of nitrogens with zero attached hydrogens (tertiary/aromatic N) is 5. The molecule has 1 atom stereocenters. The van der Waals surface area contributed by atoms with E-state index in [4.69, 9.17) is 0 Å². The van der Waals surface area contributed by atoms with Crippen LogP contribution in [0.1, 0.15) is 34.9 Å². The quantitative estimate of drug-likeness (QED) is 0.779. The molecular weight excluding hydrogens is 300 g/mol. The van der Waals surface area contributed by atoms with Crippen LogP contribution in [0.15, 0.2) is 23.3 Å². The lowest BCUT2D eigenvalue weighted by atomic mass is 9.94. The van der Waals surface area contributed by atoms with Crippen LogP contribution in [0.5, 0.6) is 0 Å². The van der Waals surface area contributed by atoms with Crippen molar-refractivity contribution < 1.29 is 4.79 Å². The summed E-state index contributed by atoms with van der Waals surface area (Å²) < 4.78 is 0. The van der Waals surface area contributed by atoms with Gasteiger partial charge in [0, 0.05) is 36.8 Å². The highest BCUT2D eigenvalue weighted by atomic mass is 32.1. The maximum atomic E-state index is 12.5. The van der Waals surface area contributed by atoms with E-state index in [0.717, 1.165) is 30.6 Å². The monoisotopic (exact) mass is 314 g/mol. The van der Waals surface area contributed by atoms with Crippen molar-refractivity contribution in [2.45, 2.75) is 18.8 Å². The van der Waals surface area contributed by atoms with Crippen LogP contribution in [0, 0.1) is 0 Å². The van der Waals surface area contributed by atoms with Gasteiger partial charge in [-0.15, -0.1) is 11.3 Å². The van der Waals surface area contributed by atoms with E-state index in [1.165, 1.54) is 11.3 Å². The Labute approximate surface area is 130 Å². The van der Waals surface area contributed by atoms with Gasteiger partial charge < -0.3 is 4.90 Å². The average Bonchev–Trinajstić information content (AvgIpc) is 3.24. The zero-order valence-electron chi connectivity index (χ0n) is 11.8. The number of H-pyrrole nitrogens is 1. The molecular formula is C14H14N6OS. The van der Waals surface area contributed by atoms with E-state index in [1.54, 1.807) is 23.3 Å². The summed E-state index contributed by atoms with van der Waals surface area (Å²) in [6, 6.07) is 0. The summed E-state index contributed by atoms with van der Waals surface area (Å²) in [5.74, 6) is 0.207. The fraction of sp³-hybridized carbons (Fsp3) is 0.357. The second-order valence-corrected chi connectivity index (χ2v) is 6.05. The maximum absolute atomic E-state index is 12.5. The summed E-state index contributed by atoms with van der Waals surface area (Å²) in [5, 5.41) is 9.05. The molecule has 4 rings (SSSR count). The Kier molecular flexibility index (Phi) is 3.30. The fourth-order valence-corrected chi connectivity index (χ4v) is 3.46. The molecule has 0 aliphatic carbocycles. The molecule has 7 nitrogen and oxygen atoms in total. The number of hydrogen-bond donors (Lipinski definition) is 1. The molecule has 0 bridgehead atoms. The molecule has 8 heteroatoms. The zero-order chi connectivity index (χ0) is 14.9. The van der Waals surface area contributed by atoms with Crippen LogP contribution in [-0.4, -0.2) is 49.0 Å². The normalized spacial score (nSPS) is 18.7. The molecule has 0 radical (unpaired) electrons. The van der Waals surface area contributed by atoms with Crippen LogP contribution in [-0.2, 0) is 0 Å². The minimum absolute atomic E-state index is 0.000792. The maximum Gasteiger partial charge on any atom is 0.273 e. The summed E-state index contributed by atoms with van der Waals surface area (Å²) in [6.45, 7) is 1.43. The number of carbonyl (C=O) groups is 1. The summed E-state index contributed by atoms with van der Waals surface area (Å²) in [6.07, 6.45) is 5.27. The molecule has 3 aromatic heterocycles. The van der Waals surface area contributed by atoms with Crippen LogP contribution in [0.3, 0.4) is 0 Å². The molecule has 1 aliphatic heterocycles. The van der Waals surface area contributed by atoms with Crippen molar-refractivity contribution in [1.29, 1.82) is 0 Å². The minimum atomic E-state index is 0.000792. The second kappa shape index (κ2) is 5.45. The Hall–Kier alpha value is -2.35. The van der Waals surface area contributed by atoms with E-state index in [0.29, 0.717) is 17.9 Å². The molecule has 0 aromatic carbocycles. The Morgan fingerprint density at radius 1 is 1.32 bits per heavy atom. The lowest BCUT2D eigenvalue weighted by Crippen LogP contribution is -2.39. The van der Waals surface area contributed by atoms with Gasteiger partial charge in [0.1, 0.15) is 11.2 Å². The summed E-state index contributed by atoms with van der Waals surface area (Å²) in [4.78, 5) is 27.0. The molecule has 0 saturated carbocycles. The summed E-state index contributed by atoms with van der Waals surface area (Å²) >= 11 is 1.44. The summed E-state index contributed by atoms with van der Waals surface area (Å²) in [7, 11) is 0. The average molecular weight is 314 g/mol. The number of piperidine rings is 1. The van der Waals surface area contributed by atoms with Crippen LogP contribution >= 0.6 is 11.3 Å². The topological polar surface area (TPSA) is 87.7 Å². The van der Waals surface area contributed by atoms with Crippen molar-refractivity contribution in [2.24, 2.45) is 0 Å². The van der Waals surface area contributed by atoms with Crippen LogP contribution < -0.4 is 0 Å². The van der Waals surface area contributed by atoms with Gasteiger partial charge in [-0.3, -0.25) is 9.89 Å². The molecule has 0 unspecified atom stereocenters. The lowest BCUT2D eigenvalue weighted by Gasteiger charge is -2.31. The van der Waals surface area contributed by atoms with Crippen molar-refractivity contribution in [3.63, 3.8) is 0 Å². The van der Waals surface area contributed by atoms with Gasteiger partial charge in [-0.05, 0) is 12.8 Å². The smallest absolute Gasteiger partial charge is 0.273 e. The second-order valence-electron chi connectivity index (χ2n) is 5.33. The molecule has 3 aromatic rings. The number of rotatable bonds is 2. The number of amides is 1. The van der Waals surface area contributed by atoms with Crippen molar-refractivity contribution in [3.8, 4) is 0 Å². The summed E-state index contributed by atoms with van der Waals surface area (Å²) in [5.41, 5.74) is 4.61. The van der Waals surface area contributed by atoms with E-state index < -0.39 is 0 Å². The third kappa shape index (κ3) is 2.25. The molecule has 0 spiro atoms. The molecule has 22 heavy (non-hydrogen) atoms. The molecule has 1 N–H and O–H groups in total. The van der Waals surface area contributed by atoms with Crippen molar-refractivity contribution in [1.82, 2.24) is 30.0 Å². The van der Waals surface area contributed by atoms with Gasteiger partial charge in [-0.2, -0.15) is 5.10 Å². The Morgan fingerprint density at radius 3 is 3.09 bits per heavy atom. The van der Waals surface area contributed by atoms with Crippen LogP contribution in [0.25, 0.3) is 11.2 Å². The first-order valence-corrected chi connectivity index (χ1v) is 8.09. The van der Waals surface area contributed by atoms with Gasteiger partial charge in [0.05, 0.1) is 11.2 Å². The first-order valence-electron chi connectivity index (χ1n) is 7.15. The standard InChI is InChI=1S/C14H14N6OS/c21-14(10-7-22-8-17-10)20-5-1-2-9(6-20)11-12-13(19-18-11)16-4-3-15-12/h3-4,7-9H,1-2,5-6H2,(H,16,18,19)/t9-/m0/s1. The van der Waals surface area contributed by atoms with Gasteiger partial charge in [0.15, 0.2) is 5.65 Å². The number of likely N-dealkylation sites (tertiary alicyclic amines) is 1. The predicted molar refractivity (Wildman–Crippen MR) is 81.7 cm³/mol. The Bertz CT molecular complexity index is 799. The van der Waals surface area contributed by atoms with E-state index in [9.17, 15) is 4.79 Å². The number of fused-ring (bicyclic) bond motifs is 1. The largest absolute Gasteiger partial charge is 0.337 e. The first-order chi connectivity index (χ1) is 10.8. The number of nitrogens with one attached hydrogen (secondary N) is 1. The van der Waals surface area contributed by atoms with E-state index >= 15 is 0 Å². The van der Waals surface area contributed by atoms with E-state index in [1.807, 2.05) is 4.90 Å². The van der Waals surface area contributed by atoms with Gasteiger partial charge in [0.2, 0.25) is 0 Å². The third-order valence-electron chi connectivity index (χ3n) is 3.98. The fourth-order valence-electron chi connectivity index (χ4n) is 2.93. The van der Waals surface area contributed by atoms with E-state index in [2.05, 4.69) is 25.1 Å². The molecule has 4 heterocycles. The molecule has 1 fully saturated rings. The van der Waals surface area contributed by atoms with Crippen LogP contribution in [0.4, 0.5) is 0 Å². The highest BCUT2D eigenvalue weighted by molar-refractivity contribution is 7.07. The zero-order valence-corrected chi connectivity index (χ0v) is 12.6. The predicted octanol–water partition coefficient (Wildman–Crippen LogP) is 1.83. The SMILES string of the molecule is O=C(c1cscn1)N1CCC[C@H](c2[nH]nc3nccnc23)C1. The highest BCUT2D eigenvalue weighted by Crippen LogP contribution is 2.29. The molecule has 1 saturated heterocycles. The number of aromatic nitrogens is 5. The molecule has 1 aliphatic rings. The third-order valence-corrected chi connectivity index (χ3v) is 4.57. The molecule has 112 valence electrons. The minimum Gasteiger partial charge on any atom is -0.337 e. The number of hydrogen-bond acceptors (Lipinski definition) is 6. The van der Waals surface area contributed by atoms with Gasteiger partial charge in [-0.25, -0.2) is 15.0 Å². The van der Waals surface area contributed by atoms with Gasteiger partial charge >= 0.3 is 0 Å². The Morgan fingerprint density at radius 2 is 2.23 bits per heavy atom. The van der Waals surface area contributed by atoms with Crippen molar-refractivity contribution in [3.05, 3.63) is 34.7 Å². The lowest BCUT2D eigenvalue weighted by molar-refractivity contribution is 0.0701. The van der Waals surface area contributed by atoms with Crippen molar-refractivity contribution >= 4 is 28.4 Å². The number of carbonyl (C=O) groups excluding carboxylic acids is 1. The Balaban J connectivity index is 1.60. The van der Waals surface area contributed by atoms with Gasteiger partial charge in [-0.1, -0.05) is 0 Å². The molecule has 1 amide bonds. The number of aromatic amines is 1. The first kappa shape index (κ1) is 13.3. The van der Waals surface area contributed by atoms with Crippen molar-refractivity contribution in [2.75, 3.05) is 13.1 Å². The van der Waals surface area contributed by atoms with Gasteiger partial charge in [0.25, 0.3) is 5.91 Å².